The van der Waals surface area contributed by atoms with Gasteiger partial charge in [-0.05, 0) is 37.0 Å². The molecule has 1 aliphatic rings. The van der Waals surface area contributed by atoms with Gasteiger partial charge in [0.15, 0.2) is 5.65 Å². The van der Waals surface area contributed by atoms with Gasteiger partial charge in [0, 0.05) is 18.8 Å². The summed E-state index contributed by atoms with van der Waals surface area (Å²) in [5.41, 5.74) is 2.54. The minimum absolute atomic E-state index is 0.112. The van der Waals surface area contributed by atoms with Crippen LogP contribution >= 0.6 is 0 Å². The lowest BCUT2D eigenvalue weighted by molar-refractivity contribution is 0.171. The number of nitrogens with one attached hydrogen (secondary N) is 1. The van der Waals surface area contributed by atoms with Gasteiger partial charge >= 0.3 is 0 Å². The van der Waals surface area contributed by atoms with Crippen molar-refractivity contribution in [2.45, 2.75) is 38.0 Å². The van der Waals surface area contributed by atoms with Gasteiger partial charge < -0.3 is 10.4 Å². The predicted octanol–water partition coefficient (Wildman–Crippen LogP) is 2.70. The Morgan fingerprint density at radius 1 is 1.16 bits per heavy atom. The quantitative estimate of drug-likeness (QED) is 0.469. The molecule has 1 fully saturated rings. The highest BCUT2D eigenvalue weighted by Crippen LogP contribution is 2.22. The van der Waals surface area contributed by atoms with Gasteiger partial charge in [-0.25, -0.2) is 4.98 Å². The van der Waals surface area contributed by atoms with Crippen LogP contribution in [0.3, 0.4) is 0 Å². The summed E-state index contributed by atoms with van der Waals surface area (Å²) in [6, 6.07) is 12.2. The zero-order valence-corrected chi connectivity index (χ0v) is 17.6. The van der Waals surface area contributed by atoms with Crippen LogP contribution in [0.2, 0.25) is 0 Å². The lowest BCUT2D eigenvalue weighted by atomic mass is 10.1. The summed E-state index contributed by atoms with van der Waals surface area (Å²) in [6.07, 6.45) is 3.78. The highest BCUT2D eigenvalue weighted by atomic mass is 19.1. The lowest BCUT2D eigenvalue weighted by Gasteiger charge is -2.18. The van der Waals surface area contributed by atoms with E-state index in [2.05, 4.69) is 20.4 Å². The van der Waals surface area contributed by atoms with Gasteiger partial charge in [-0.1, -0.05) is 30.3 Å². The second-order valence-corrected chi connectivity index (χ2v) is 8.16. The van der Waals surface area contributed by atoms with Crippen LogP contribution in [0.1, 0.15) is 24.8 Å². The molecule has 2 atom stereocenters. The van der Waals surface area contributed by atoms with Crippen molar-refractivity contribution in [3.8, 4) is 11.3 Å². The first kappa shape index (κ1) is 20.3. The molecule has 0 radical (unpaired) electrons. The predicted molar refractivity (Wildman–Crippen MR) is 119 cm³/mol. The molecule has 0 saturated heterocycles. The highest BCUT2D eigenvalue weighted by Gasteiger charge is 2.26. The molecular formula is C23H23FN6O2. The Morgan fingerprint density at radius 2 is 1.97 bits per heavy atom. The first-order chi connectivity index (χ1) is 15.5. The molecule has 164 valence electrons. The highest BCUT2D eigenvalue weighted by molar-refractivity contribution is 5.74. The van der Waals surface area contributed by atoms with Crippen molar-refractivity contribution in [1.82, 2.24) is 24.3 Å². The van der Waals surface area contributed by atoms with E-state index in [0.29, 0.717) is 29.2 Å². The number of halogens is 1. The molecule has 1 aromatic carbocycles. The number of rotatable bonds is 5. The van der Waals surface area contributed by atoms with Crippen LogP contribution in [-0.4, -0.2) is 41.6 Å². The van der Waals surface area contributed by atoms with E-state index in [1.165, 1.54) is 10.6 Å². The third-order valence-electron chi connectivity index (χ3n) is 5.91. The van der Waals surface area contributed by atoms with Crippen molar-refractivity contribution in [3.05, 3.63) is 70.5 Å². The van der Waals surface area contributed by atoms with Gasteiger partial charge in [0.1, 0.15) is 5.39 Å². The fourth-order valence-electron chi connectivity index (χ4n) is 4.12. The molecule has 0 amide bonds. The zero-order valence-electron chi connectivity index (χ0n) is 17.6. The second-order valence-electron chi connectivity index (χ2n) is 8.16. The van der Waals surface area contributed by atoms with Gasteiger partial charge in [0.25, 0.3) is 5.56 Å². The van der Waals surface area contributed by atoms with Crippen LogP contribution < -0.4 is 10.9 Å². The molecule has 8 nitrogen and oxygen atoms in total. The molecule has 5 rings (SSSR count). The van der Waals surface area contributed by atoms with Crippen molar-refractivity contribution in [3.63, 3.8) is 0 Å². The summed E-state index contributed by atoms with van der Waals surface area (Å²) in [4.78, 5) is 21.3. The molecule has 0 bridgehead atoms. The normalized spacial score (nSPS) is 18.3. The standard InChI is InChI=1S/C23H23FN6O2/c1-29-22(32)16-13-30(28-21(16)27-23(29)26-18-5-2-6-19(18)31)12-14-8-10-15(11-9-14)17-4-3-7-20(24)25-17/h3-4,7-11,13,18-19,31H,2,5-6,12H2,1H3,(H,26,27,28). The summed E-state index contributed by atoms with van der Waals surface area (Å²) < 4.78 is 16.5. The summed E-state index contributed by atoms with van der Waals surface area (Å²) in [7, 11) is 1.66. The van der Waals surface area contributed by atoms with Crippen molar-refractivity contribution < 1.29 is 9.50 Å². The molecule has 1 aliphatic carbocycles. The van der Waals surface area contributed by atoms with Crippen LogP contribution in [0.4, 0.5) is 10.3 Å². The number of benzene rings is 1. The molecule has 1 saturated carbocycles. The molecule has 2 N–H and O–H groups in total. The van der Waals surface area contributed by atoms with Crippen molar-refractivity contribution in [1.29, 1.82) is 0 Å². The maximum absolute atomic E-state index is 13.4. The maximum Gasteiger partial charge on any atom is 0.265 e. The topological polar surface area (TPSA) is 97.9 Å². The van der Waals surface area contributed by atoms with Gasteiger partial charge in [-0.2, -0.15) is 14.5 Å². The Kier molecular flexibility index (Phi) is 5.18. The van der Waals surface area contributed by atoms with Crippen LogP contribution in [0.5, 0.6) is 0 Å². The molecule has 0 aliphatic heterocycles. The number of hydrogen-bond donors (Lipinski definition) is 2. The Hall–Kier alpha value is -3.59. The zero-order chi connectivity index (χ0) is 22.2. The summed E-state index contributed by atoms with van der Waals surface area (Å²) in [6.45, 7) is 0.459. The largest absolute Gasteiger partial charge is 0.391 e. The average molecular weight is 434 g/mol. The average Bonchev–Trinajstić information content (AvgIpc) is 3.38. The molecule has 9 heteroatoms. The third-order valence-corrected chi connectivity index (χ3v) is 5.91. The minimum atomic E-state index is -0.514. The van der Waals surface area contributed by atoms with E-state index in [-0.39, 0.29) is 11.6 Å². The number of aromatic nitrogens is 5. The van der Waals surface area contributed by atoms with Gasteiger partial charge in [-0.3, -0.25) is 14.0 Å². The van der Waals surface area contributed by atoms with Gasteiger partial charge in [0.2, 0.25) is 11.9 Å². The third kappa shape index (κ3) is 3.87. The molecule has 0 spiro atoms. The van der Waals surface area contributed by atoms with Crippen LogP contribution in [-0.2, 0) is 13.6 Å². The van der Waals surface area contributed by atoms with Crippen LogP contribution in [0, 0.1) is 5.95 Å². The van der Waals surface area contributed by atoms with E-state index >= 15 is 0 Å². The molecule has 3 aromatic heterocycles. The van der Waals surface area contributed by atoms with Crippen molar-refractivity contribution in [2.24, 2.45) is 7.05 Å². The van der Waals surface area contributed by atoms with Crippen molar-refractivity contribution in [2.75, 3.05) is 5.32 Å². The summed E-state index contributed by atoms with van der Waals surface area (Å²) >= 11 is 0. The fourth-order valence-corrected chi connectivity index (χ4v) is 4.12. The minimum Gasteiger partial charge on any atom is -0.391 e. The Balaban J connectivity index is 1.39. The van der Waals surface area contributed by atoms with Crippen LogP contribution in [0.15, 0.2) is 53.5 Å². The number of pyridine rings is 1. The second kappa shape index (κ2) is 8.16. The van der Waals surface area contributed by atoms with Gasteiger partial charge in [-0.15, -0.1) is 0 Å². The number of fused-ring (bicyclic) bond motifs is 1. The van der Waals surface area contributed by atoms with Crippen LogP contribution in [0.25, 0.3) is 22.3 Å². The fraction of sp³-hybridized carbons (Fsp3) is 0.304. The first-order valence-corrected chi connectivity index (χ1v) is 10.6. The van der Waals surface area contributed by atoms with E-state index in [4.69, 9.17) is 0 Å². The van der Waals surface area contributed by atoms with Gasteiger partial charge in [0.05, 0.1) is 24.4 Å². The SMILES string of the molecule is Cn1c(NC2CCCC2O)nc2nn(Cc3ccc(-c4cccc(F)n4)cc3)cc2c1=O. The summed E-state index contributed by atoms with van der Waals surface area (Å²) in [5.74, 6) is -0.106. The molecule has 2 unspecified atom stereocenters. The molecular weight excluding hydrogens is 411 g/mol. The smallest absolute Gasteiger partial charge is 0.265 e. The Bertz CT molecular complexity index is 1330. The first-order valence-electron chi connectivity index (χ1n) is 10.6. The lowest BCUT2D eigenvalue weighted by Crippen LogP contribution is -2.32. The van der Waals surface area contributed by atoms with E-state index in [1.807, 2.05) is 24.3 Å². The summed E-state index contributed by atoms with van der Waals surface area (Å²) in [5, 5.41) is 18.2. The van der Waals surface area contributed by atoms with E-state index in [9.17, 15) is 14.3 Å². The number of aliphatic hydroxyl groups is 1. The number of aliphatic hydroxyl groups excluding tert-OH is 1. The van der Waals surface area contributed by atoms with E-state index in [1.54, 1.807) is 30.1 Å². The molecule has 4 aromatic rings. The monoisotopic (exact) mass is 434 g/mol. The number of anilines is 1. The maximum atomic E-state index is 13.4. The molecule has 3 heterocycles. The molecule has 32 heavy (non-hydrogen) atoms. The Labute approximate surface area is 183 Å². The van der Waals surface area contributed by atoms with E-state index < -0.39 is 12.1 Å². The number of hydrogen-bond acceptors (Lipinski definition) is 6. The van der Waals surface area contributed by atoms with E-state index in [0.717, 1.165) is 30.4 Å². The number of nitrogens with zero attached hydrogens (tertiary/aromatic N) is 5. The Morgan fingerprint density at radius 3 is 2.69 bits per heavy atom. The van der Waals surface area contributed by atoms with Crippen molar-refractivity contribution >= 4 is 17.0 Å².